The van der Waals surface area contributed by atoms with E-state index in [1.165, 1.54) is 0 Å². The average molecular weight is 144 g/mol. The predicted molar refractivity (Wildman–Crippen MR) is 39.8 cm³/mol. The second-order valence-electron chi connectivity index (χ2n) is 3.33. The Labute approximate surface area is 62.2 Å². The van der Waals surface area contributed by atoms with E-state index in [1.54, 1.807) is 0 Å². The largest absolute Gasteiger partial charge is 0.390 e. The monoisotopic (exact) mass is 144 g/mol. The molecule has 0 spiro atoms. The van der Waals surface area contributed by atoms with Crippen LogP contribution in [0.2, 0.25) is 0 Å². The first-order valence-corrected chi connectivity index (χ1v) is 3.95. The van der Waals surface area contributed by atoms with Crippen LogP contribution in [0.4, 0.5) is 0 Å². The van der Waals surface area contributed by atoms with Gasteiger partial charge >= 0.3 is 0 Å². The van der Waals surface area contributed by atoms with Crippen LogP contribution in [0.1, 0.15) is 26.7 Å². The minimum absolute atomic E-state index is 0.190. The summed E-state index contributed by atoms with van der Waals surface area (Å²) in [5, 5.41) is 9.45. The quantitative estimate of drug-likeness (QED) is 0.642. The molecule has 1 atom stereocenters. The fraction of sp³-hybridized carbons (Fsp3) is 1.00. The van der Waals surface area contributed by atoms with Gasteiger partial charge in [0.05, 0.1) is 12.7 Å². The molecule has 0 amide bonds. The third-order valence-corrected chi connectivity index (χ3v) is 2.32. The first-order valence-electron chi connectivity index (χ1n) is 3.95. The Bertz CT molecular complexity index is 108. The molecule has 0 heterocycles. The number of ether oxygens (including phenoxy) is 1. The Hall–Kier alpha value is -0.0800. The van der Waals surface area contributed by atoms with Gasteiger partial charge in [-0.1, -0.05) is 6.92 Å². The molecule has 0 bridgehead atoms. The maximum Gasteiger partial charge on any atom is 0.0827 e. The molecule has 1 rings (SSSR count). The van der Waals surface area contributed by atoms with Crippen LogP contribution in [-0.4, -0.2) is 24.4 Å². The second-order valence-corrected chi connectivity index (χ2v) is 3.33. The highest BCUT2D eigenvalue weighted by atomic mass is 16.5. The Morgan fingerprint density at radius 1 is 1.60 bits per heavy atom. The number of aliphatic hydroxyl groups excluding tert-OH is 1. The lowest BCUT2D eigenvalue weighted by molar-refractivity contribution is 0.00531. The van der Waals surface area contributed by atoms with Crippen molar-refractivity contribution in [3.05, 3.63) is 0 Å². The van der Waals surface area contributed by atoms with Gasteiger partial charge in [-0.15, -0.1) is 0 Å². The number of hydrogen-bond acceptors (Lipinski definition) is 2. The fourth-order valence-corrected chi connectivity index (χ4v) is 0.961. The average Bonchev–Trinajstić information content (AvgIpc) is 2.64. The van der Waals surface area contributed by atoms with Gasteiger partial charge in [0.15, 0.2) is 0 Å². The fourth-order valence-electron chi connectivity index (χ4n) is 0.961. The molecule has 1 N–H and O–H groups in total. The van der Waals surface area contributed by atoms with Crippen LogP contribution in [0.15, 0.2) is 0 Å². The van der Waals surface area contributed by atoms with Gasteiger partial charge in [0.25, 0.3) is 0 Å². The zero-order valence-corrected chi connectivity index (χ0v) is 6.76. The standard InChI is InChI=1S/C8H16O2/c1-3-10-6-7(9)8(2)4-5-8/h7,9H,3-6H2,1-2H3. The molecule has 60 valence electrons. The van der Waals surface area contributed by atoms with E-state index in [9.17, 15) is 5.11 Å². The van der Waals surface area contributed by atoms with Gasteiger partial charge in [0.1, 0.15) is 0 Å². The van der Waals surface area contributed by atoms with Gasteiger partial charge < -0.3 is 9.84 Å². The maximum absolute atomic E-state index is 9.45. The Balaban J connectivity index is 2.15. The van der Waals surface area contributed by atoms with E-state index < -0.39 is 0 Å². The molecule has 2 heteroatoms. The topological polar surface area (TPSA) is 29.5 Å². The van der Waals surface area contributed by atoms with Crippen molar-refractivity contribution in [3.8, 4) is 0 Å². The van der Waals surface area contributed by atoms with Crippen molar-refractivity contribution in [3.63, 3.8) is 0 Å². The van der Waals surface area contributed by atoms with Crippen molar-refractivity contribution in [2.75, 3.05) is 13.2 Å². The molecule has 0 aromatic heterocycles. The number of rotatable bonds is 4. The van der Waals surface area contributed by atoms with E-state index >= 15 is 0 Å². The summed E-state index contributed by atoms with van der Waals surface area (Å²) < 4.78 is 5.11. The maximum atomic E-state index is 9.45. The van der Waals surface area contributed by atoms with Crippen LogP contribution in [0, 0.1) is 5.41 Å². The van der Waals surface area contributed by atoms with Crippen LogP contribution in [0.25, 0.3) is 0 Å². The Kier molecular flexibility index (Phi) is 2.32. The van der Waals surface area contributed by atoms with Crippen molar-refractivity contribution in [1.29, 1.82) is 0 Å². The van der Waals surface area contributed by atoms with E-state index in [-0.39, 0.29) is 11.5 Å². The molecular formula is C8H16O2. The lowest BCUT2D eigenvalue weighted by Gasteiger charge is -2.16. The van der Waals surface area contributed by atoms with Gasteiger partial charge in [0.2, 0.25) is 0 Å². The predicted octanol–water partition coefficient (Wildman–Crippen LogP) is 1.18. The molecule has 1 aliphatic rings. The third kappa shape index (κ3) is 1.70. The molecule has 1 fully saturated rings. The highest BCUT2D eigenvalue weighted by Crippen LogP contribution is 2.48. The van der Waals surface area contributed by atoms with Crippen LogP contribution in [-0.2, 0) is 4.74 Å². The molecule has 0 radical (unpaired) electrons. The normalized spacial score (nSPS) is 24.3. The Morgan fingerprint density at radius 3 is 2.60 bits per heavy atom. The highest BCUT2D eigenvalue weighted by molar-refractivity contribution is 4.94. The van der Waals surface area contributed by atoms with Gasteiger partial charge in [-0.05, 0) is 25.2 Å². The number of hydrogen-bond donors (Lipinski definition) is 1. The lowest BCUT2D eigenvalue weighted by Crippen LogP contribution is -2.24. The van der Waals surface area contributed by atoms with E-state index in [2.05, 4.69) is 6.92 Å². The summed E-state index contributed by atoms with van der Waals surface area (Å²) in [6, 6.07) is 0. The number of aliphatic hydroxyl groups is 1. The van der Waals surface area contributed by atoms with E-state index in [0.29, 0.717) is 13.2 Å². The molecule has 10 heavy (non-hydrogen) atoms. The van der Waals surface area contributed by atoms with Crippen molar-refractivity contribution >= 4 is 0 Å². The van der Waals surface area contributed by atoms with Crippen LogP contribution < -0.4 is 0 Å². The SMILES string of the molecule is CCOCC(O)C1(C)CC1. The van der Waals surface area contributed by atoms with Crippen molar-refractivity contribution in [1.82, 2.24) is 0 Å². The molecular weight excluding hydrogens is 128 g/mol. The van der Waals surface area contributed by atoms with E-state index in [4.69, 9.17) is 4.74 Å². The van der Waals surface area contributed by atoms with Gasteiger partial charge in [-0.25, -0.2) is 0 Å². The zero-order valence-electron chi connectivity index (χ0n) is 6.76. The molecule has 0 aromatic carbocycles. The molecule has 1 unspecified atom stereocenters. The van der Waals surface area contributed by atoms with Gasteiger partial charge in [-0.2, -0.15) is 0 Å². The van der Waals surface area contributed by atoms with Gasteiger partial charge in [0, 0.05) is 6.61 Å². The minimum Gasteiger partial charge on any atom is -0.390 e. The summed E-state index contributed by atoms with van der Waals surface area (Å²) in [7, 11) is 0. The van der Waals surface area contributed by atoms with Crippen LogP contribution in [0.5, 0.6) is 0 Å². The molecule has 0 aromatic rings. The zero-order chi connectivity index (χ0) is 7.61. The smallest absolute Gasteiger partial charge is 0.0827 e. The second kappa shape index (κ2) is 2.89. The van der Waals surface area contributed by atoms with Crippen molar-refractivity contribution in [2.24, 2.45) is 5.41 Å². The Morgan fingerprint density at radius 2 is 2.20 bits per heavy atom. The first-order chi connectivity index (χ1) is 4.69. The molecule has 1 aliphatic carbocycles. The van der Waals surface area contributed by atoms with E-state index in [1.807, 2.05) is 6.92 Å². The first kappa shape index (κ1) is 8.02. The minimum atomic E-state index is -0.243. The summed E-state index contributed by atoms with van der Waals surface area (Å²) in [6.07, 6.45) is 2.06. The molecule has 1 saturated carbocycles. The molecule has 0 saturated heterocycles. The highest BCUT2D eigenvalue weighted by Gasteiger charge is 2.43. The summed E-state index contributed by atoms with van der Waals surface area (Å²) >= 11 is 0. The van der Waals surface area contributed by atoms with E-state index in [0.717, 1.165) is 12.8 Å². The third-order valence-electron chi connectivity index (χ3n) is 2.32. The van der Waals surface area contributed by atoms with Gasteiger partial charge in [-0.3, -0.25) is 0 Å². The van der Waals surface area contributed by atoms with Crippen molar-refractivity contribution < 1.29 is 9.84 Å². The lowest BCUT2D eigenvalue weighted by atomic mass is 10.0. The summed E-state index contributed by atoms with van der Waals surface area (Å²) in [6.45, 7) is 5.26. The summed E-state index contributed by atoms with van der Waals surface area (Å²) in [5.74, 6) is 0. The summed E-state index contributed by atoms with van der Waals surface area (Å²) in [5.41, 5.74) is 0.190. The van der Waals surface area contributed by atoms with Crippen molar-refractivity contribution in [2.45, 2.75) is 32.8 Å². The molecule has 2 nitrogen and oxygen atoms in total. The molecule has 0 aliphatic heterocycles. The summed E-state index contributed by atoms with van der Waals surface area (Å²) in [4.78, 5) is 0. The van der Waals surface area contributed by atoms with Crippen LogP contribution >= 0.6 is 0 Å². The van der Waals surface area contributed by atoms with Crippen LogP contribution in [0.3, 0.4) is 0 Å².